The molecule has 2 nitrogen and oxygen atoms in total. The van der Waals surface area contributed by atoms with E-state index in [0.29, 0.717) is 0 Å². The summed E-state index contributed by atoms with van der Waals surface area (Å²) in [6.45, 7) is 6.22. The number of aromatic nitrogens is 2. The van der Waals surface area contributed by atoms with Gasteiger partial charge in [0.25, 0.3) is 0 Å². The van der Waals surface area contributed by atoms with Gasteiger partial charge < -0.3 is 0 Å². The molecule has 2 rings (SSSR count). The predicted molar refractivity (Wildman–Crippen MR) is 70.1 cm³/mol. The highest BCUT2D eigenvalue weighted by Crippen LogP contribution is 2.24. The predicted octanol–water partition coefficient (Wildman–Crippen LogP) is 3.76. The molecule has 1 heterocycles. The van der Waals surface area contributed by atoms with Crippen LogP contribution < -0.4 is 0 Å². The van der Waals surface area contributed by atoms with Crippen molar-refractivity contribution in [1.82, 2.24) is 9.36 Å². The number of thioether (sulfide) groups is 1. The van der Waals surface area contributed by atoms with Gasteiger partial charge in [0.1, 0.15) is 5.82 Å². The van der Waals surface area contributed by atoms with Crippen molar-refractivity contribution < 1.29 is 0 Å². The number of rotatable bonds is 3. The normalized spacial score (nSPS) is 10.7. The van der Waals surface area contributed by atoms with Crippen molar-refractivity contribution in [1.29, 1.82) is 0 Å². The van der Waals surface area contributed by atoms with Crippen molar-refractivity contribution in [3.8, 4) is 0 Å². The average molecular weight is 250 g/mol. The van der Waals surface area contributed by atoms with Gasteiger partial charge in [0.2, 0.25) is 0 Å². The molecule has 0 fully saturated rings. The third kappa shape index (κ3) is 2.83. The van der Waals surface area contributed by atoms with E-state index in [-0.39, 0.29) is 0 Å². The summed E-state index contributed by atoms with van der Waals surface area (Å²) in [5.74, 6) is 1.84. The van der Waals surface area contributed by atoms with Gasteiger partial charge in [-0.15, -0.1) is 0 Å². The van der Waals surface area contributed by atoms with Gasteiger partial charge in [0.05, 0.1) is 0 Å². The second-order valence-electron chi connectivity index (χ2n) is 3.81. The molecule has 0 aliphatic rings. The number of aryl methyl sites for hydroxylation is 3. The van der Waals surface area contributed by atoms with Crippen LogP contribution in [0.1, 0.15) is 22.5 Å². The standard InChI is InChI=1S/C12H14N2S2/c1-8-4-5-11(6-9(8)2)7-15-12-13-10(3)14-16-12/h4-6H,7H2,1-3H3. The minimum absolute atomic E-state index is 0.868. The Morgan fingerprint density at radius 2 is 2.00 bits per heavy atom. The lowest BCUT2D eigenvalue weighted by Crippen LogP contribution is -1.85. The van der Waals surface area contributed by atoms with Crippen LogP contribution in [-0.2, 0) is 5.75 Å². The van der Waals surface area contributed by atoms with E-state index in [9.17, 15) is 0 Å². The first kappa shape index (κ1) is 11.6. The number of hydrogen-bond donors (Lipinski definition) is 0. The number of hydrogen-bond acceptors (Lipinski definition) is 4. The van der Waals surface area contributed by atoms with E-state index in [1.54, 1.807) is 11.8 Å². The molecule has 1 aromatic heterocycles. The fourth-order valence-electron chi connectivity index (χ4n) is 1.38. The van der Waals surface area contributed by atoms with Crippen molar-refractivity contribution in [3.05, 3.63) is 40.7 Å². The van der Waals surface area contributed by atoms with Crippen molar-refractivity contribution in [3.63, 3.8) is 0 Å². The molecule has 0 spiro atoms. The van der Waals surface area contributed by atoms with Gasteiger partial charge in [-0.05, 0) is 49.0 Å². The lowest BCUT2D eigenvalue weighted by molar-refractivity contribution is 1.10. The van der Waals surface area contributed by atoms with E-state index in [0.717, 1.165) is 15.9 Å². The molecule has 84 valence electrons. The summed E-state index contributed by atoms with van der Waals surface area (Å²) in [6, 6.07) is 6.61. The first-order chi connectivity index (χ1) is 7.65. The van der Waals surface area contributed by atoms with E-state index < -0.39 is 0 Å². The molecule has 0 aliphatic carbocycles. The molecule has 0 amide bonds. The summed E-state index contributed by atoms with van der Waals surface area (Å²) in [7, 11) is 0. The molecule has 0 N–H and O–H groups in total. The fraction of sp³-hybridized carbons (Fsp3) is 0.333. The Morgan fingerprint density at radius 3 is 2.62 bits per heavy atom. The zero-order chi connectivity index (χ0) is 11.5. The van der Waals surface area contributed by atoms with E-state index >= 15 is 0 Å². The molecule has 0 saturated heterocycles. The monoisotopic (exact) mass is 250 g/mol. The number of benzene rings is 1. The van der Waals surface area contributed by atoms with Crippen molar-refractivity contribution in [2.75, 3.05) is 0 Å². The summed E-state index contributed by atoms with van der Waals surface area (Å²) >= 11 is 3.23. The number of nitrogens with zero attached hydrogens (tertiary/aromatic N) is 2. The molecule has 0 atom stereocenters. The van der Waals surface area contributed by atoms with Gasteiger partial charge in [-0.3, -0.25) is 0 Å². The maximum atomic E-state index is 4.34. The third-order valence-corrected chi connectivity index (χ3v) is 4.44. The van der Waals surface area contributed by atoms with Crippen LogP contribution in [0.15, 0.2) is 22.5 Å². The van der Waals surface area contributed by atoms with Crippen LogP contribution >= 0.6 is 23.3 Å². The molecular weight excluding hydrogens is 236 g/mol. The van der Waals surface area contributed by atoms with Crippen molar-refractivity contribution >= 4 is 23.3 Å². The topological polar surface area (TPSA) is 25.8 Å². The summed E-state index contributed by atoms with van der Waals surface area (Å²) in [5, 5.41) is 0. The first-order valence-electron chi connectivity index (χ1n) is 5.14. The summed E-state index contributed by atoms with van der Waals surface area (Å²) < 4.78 is 5.22. The zero-order valence-corrected chi connectivity index (χ0v) is 11.3. The molecule has 0 radical (unpaired) electrons. The Labute approximate surface area is 104 Å². The van der Waals surface area contributed by atoms with Crippen LogP contribution in [0.3, 0.4) is 0 Å². The third-order valence-electron chi connectivity index (χ3n) is 2.44. The second kappa shape index (κ2) is 4.97. The zero-order valence-electron chi connectivity index (χ0n) is 9.65. The van der Waals surface area contributed by atoms with Gasteiger partial charge in [-0.2, -0.15) is 4.37 Å². The Balaban J connectivity index is 2.02. The summed E-state index contributed by atoms with van der Waals surface area (Å²) in [4.78, 5) is 4.34. The molecule has 16 heavy (non-hydrogen) atoms. The SMILES string of the molecule is Cc1nsc(SCc2ccc(C)c(C)c2)n1. The largest absolute Gasteiger partial charge is 0.213 e. The van der Waals surface area contributed by atoms with E-state index in [2.05, 4.69) is 41.4 Å². The smallest absolute Gasteiger partial charge is 0.170 e. The van der Waals surface area contributed by atoms with Gasteiger partial charge in [0.15, 0.2) is 4.34 Å². The molecule has 2 aromatic rings. The Morgan fingerprint density at radius 1 is 1.19 bits per heavy atom. The van der Waals surface area contributed by atoms with Crippen molar-refractivity contribution in [2.45, 2.75) is 30.9 Å². The van der Waals surface area contributed by atoms with Gasteiger partial charge in [-0.25, -0.2) is 4.98 Å². The van der Waals surface area contributed by atoms with Crippen LogP contribution in [0.25, 0.3) is 0 Å². The van der Waals surface area contributed by atoms with E-state index in [1.165, 1.54) is 28.2 Å². The minimum Gasteiger partial charge on any atom is -0.213 e. The summed E-state index contributed by atoms with van der Waals surface area (Å²) in [5.41, 5.74) is 4.05. The second-order valence-corrected chi connectivity index (χ2v) is 5.79. The Hall–Kier alpha value is -0.870. The molecule has 0 bridgehead atoms. The van der Waals surface area contributed by atoms with E-state index in [1.807, 2.05) is 6.92 Å². The summed E-state index contributed by atoms with van der Waals surface area (Å²) in [6.07, 6.45) is 0. The lowest BCUT2D eigenvalue weighted by Gasteiger charge is -2.03. The molecule has 4 heteroatoms. The maximum Gasteiger partial charge on any atom is 0.170 e. The average Bonchev–Trinajstić information content (AvgIpc) is 2.66. The van der Waals surface area contributed by atoms with Gasteiger partial charge >= 0.3 is 0 Å². The van der Waals surface area contributed by atoms with Gasteiger partial charge in [-0.1, -0.05) is 30.0 Å². The van der Waals surface area contributed by atoms with Crippen LogP contribution in [-0.4, -0.2) is 9.36 Å². The quantitative estimate of drug-likeness (QED) is 0.776. The fourth-order valence-corrected chi connectivity index (χ4v) is 2.96. The lowest BCUT2D eigenvalue weighted by atomic mass is 10.1. The van der Waals surface area contributed by atoms with Gasteiger partial charge in [0, 0.05) is 5.75 Å². The Bertz CT molecular complexity index is 492. The highest BCUT2D eigenvalue weighted by molar-refractivity contribution is 8.00. The van der Waals surface area contributed by atoms with Crippen LogP contribution in [0.4, 0.5) is 0 Å². The molecule has 0 unspecified atom stereocenters. The molecule has 0 aliphatic heterocycles. The first-order valence-corrected chi connectivity index (χ1v) is 6.90. The Kier molecular flexibility index (Phi) is 3.61. The van der Waals surface area contributed by atoms with Crippen LogP contribution in [0, 0.1) is 20.8 Å². The van der Waals surface area contributed by atoms with Crippen molar-refractivity contribution in [2.24, 2.45) is 0 Å². The van der Waals surface area contributed by atoms with Crippen LogP contribution in [0.2, 0.25) is 0 Å². The maximum absolute atomic E-state index is 4.34. The van der Waals surface area contributed by atoms with Crippen LogP contribution in [0.5, 0.6) is 0 Å². The minimum atomic E-state index is 0.868. The molecular formula is C12H14N2S2. The molecule has 0 saturated carbocycles. The molecule has 1 aromatic carbocycles. The highest BCUT2D eigenvalue weighted by Gasteiger charge is 2.02. The highest BCUT2D eigenvalue weighted by atomic mass is 32.2. The van der Waals surface area contributed by atoms with E-state index in [4.69, 9.17) is 0 Å².